The van der Waals surface area contributed by atoms with E-state index in [9.17, 15) is 4.79 Å². The predicted octanol–water partition coefficient (Wildman–Crippen LogP) is 3.89. The van der Waals surface area contributed by atoms with Gasteiger partial charge in [0, 0.05) is 24.0 Å². The Kier molecular flexibility index (Phi) is 5.56. The van der Waals surface area contributed by atoms with Crippen molar-refractivity contribution in [2.75, 3.05) is 19.4 Å². The van der Waals surface area contributed by atoms with Crippen LogP contribution in [0.15, 0.2) is 48.9 Å². The molecule has 3 aromatic rings. The molecule has 0 saturated heterocycles. The first-order valence-electron chi connectivity index (χ1n) is 7.83. The molecule has 0 bridgehead atoms. The van der Waals surface area contributed by atoms with Gasteiger partial charge in [-0.1, -0.05) is 23.2 Å². The lowest BCUT2D eigenvalue weighted by Gasteiger charge is -2.10. The monoisotopic (exact) mass is 389 g/mol. The number of benzene rings is 1. The van der Waals surface area contributed by atoms with Crippen LogP contribution in [0.4, 0.5) is 5.82 Å². The number of hydrogen-bond acceptors (Lipinski definition) is 4. The molecule has 0 spiro atoms. The maximum atomic E-state index is 12.5. The summed E-state index contributed by atoms with van der Waals surface area (Å²) in [4.78, 5) is 18.7. The average molecular weight is 390 g/mol. The molecule has 0 aliphatic rings. The SMILES string of the molecule is CN(C)Cc1ccnc(NC(=O)c2cnn(-c3ccc(Cl)cc3Cl)c2)c1. The summed E-state index contributed by atoms with van der Waals surface area (Å²) in [5.41, 5.74) is 2.10. The summed E-state index contributed by atoms with van der Waals surface area (Å²) in [5, 5.41) is 7.97. The summed E-state index contributed by atoms with van der Waals surface area (Å²) in [6.45, 7) is 0.762. The standard InChI is InChI=1S/C18H17Cl2N5O/c1-24(2)10-12-5-6-21-17(7-12)23-18(26)13-9-22-25(11-13)16-4-3-14(19)8-15(16)20/h3-9,11H,10H2,1-2H3,(H,21,23,26). The van der Waals surface area contributed by atoms with Crippen LogP contribution in [0.5, 0.6) is 0 Å². The summed E-state index contributed by atoms with van der Waals surface area (Å²) in [7, 11) is 3.96. The Labute approximate surface area is 161 Å². The number of rotatable bonds is 5. The molecular formula is C18H17Cl2N5O. The second kappa shape index (κ2) is 7.86. The van der Waals surface area contributed by atoms with Gasteiger partial charge in [-0.15, -0.1) is 0 Å². The number of aromatic nitrogens is 3. The van der Waals surface area contributed by atoms with Gasteiger partial charge in [-0.25, -0.2) is 9.67 Å². The van der Waals surface area contributed by atoms with E-state index in [4.69, 9.17) is 23.2 Å². The van der Waals surface area contributed by atoms with Crippen molar-refractivity contribution in [3.05, 3.63) is 70.1 Å². The molecule has 0 unspecified atom stereocenters. The van der Waals surface area contributed by atoms with E-state index < -0.39 is 0 Å². The third-order valence-electron chi connectivity index (χ3n) is 3.57. The third-order valence-corrected chi connectivity index (χ3v) is 4.10. The minimum atomic E-state index is -0.296. The predicted molar refractivity (Wildman–Crippen MR) is 103 cm³/mol. The average Bonchev–Trinajstić information content (AvgIpc) is 3.04. The Balaban J connectivity index is 1.76. The maximum Gasteiger partial charge on any atom is 0.260 e. The maximum absolute atomic E-state index is 12.5. The first-order chi connectivity index (χ1) is 12.4. The molecule has 0 aliphatic heterocycles. The van der Waals surface area contributed by atoms with Gasteiger partial charge in [-0.3, -0.25) is 4.79 Å². The van der Waals surface area contributed by atoms with Gasteiger partial charge in [0.25, 0.3) is 5.91 Å². The van der Waals surface area contributed by atoms with Crippen molar-refractivity contribution in [1.82, 2.24) is 19.7 Å². The first kappa shape index (κ1) is 18.4. The number of halogens is 2. The van der Waals surface area contributed by atoms with Crippen LogP contribution in [0, 0.1) is 0 Å². The van der Waals surface area contributed by atoms with Crippen molar-refractivity contribution in [2.24, 2.45) is 0 Å². The highest BCUT2D eigenvalue weighted by molar-refractivity contribution is 6.35. The zero-order valence-corrected chi connectivity index (χ0v) is 15.8. The summed E-state index contributed by atoms with van der Waals surface area (Å²) in [6, 6.07) is 8.84. The van der Waals surface area contributed by atoms with Gasteiger partial charge in [0.05, 0.1) is 22.5 Å². The Hall–Kier alpha value is -2.41. The molecule has 0 atom stereocenters. The molecule has 8 heteroatoms. The molecule has 0 fully saturated rings. The van der Waals surface area contributed by atoms with Crippen molar-refractivity contribution in [2.45, 2.75) is 6.54 Å². The number of anilines is 1. The van der Waals surface area contributed by atoms with Gasteiger partial charge < -0.3 is 10.2 Å². The van der Waals surface area contributed by atoms with Gasteiger partial charge in [0.2, 0.25) is 0 Å². The fourth-order valence-corrected chi connectivity index (χ4v) is 2.93. The first-order valence-corrected chi connectivity index (χ1v) is 8.59. The zero-order valence-electron chi connectivity index (χ0n) is 14.3. The highest BCUT2D eigenvalue weighted by atomic mass is 35.5. The van der Waals surface area contributed by atoms with E-state index >= 15 is 0 Å². The molecular weight excluding hydrogens is 373 g/mol. The Bertz CT molecular complexity index is 939. The highest BCUT2D eigenvalue weighted by Gasteiger charge is 2.12. The van der Waals surface area contributed by atoms with Crippen LogP contribution in [0.25, 0.3) is 5.69 Å². The molecule has 1 aromatic carbocycles. The van der Waals surface area contributed by atoms with Crippen molar-refractivity contribution in [1.29, 1.82) is 0 Å². The largest absolute Gasteiger partial charge is 0.306 e. The van der Waals surface area contributed by atoms with Crippen LogP contribution in [0.2, 0.25) is 10.0 Å². The molecule has 6 nitrogen and oxygen atoms in total. The van der Waals surface area contributed by atoms with Crippen molar-refractivity contribution < 1.29 is 4.79 Å². The number of amides is 1. The molecule has 134 valence electrons. The Morgan fingerprint density at radius 3 is 2.77 bits per heavy atom. The van der Waals surface area contributed by atoms with E-state index in [0.29, 0.717) is 27.1 Å². The van der Waals surface area contributed by atoms with Crippen LogP contribution in [0.1, 0.15) is 15.9 Å². The van der Waals surface area contributed by atoms with Crippen LogP contribution in [-0.4, -0.2) is 39.7 Å². The highest BCUT2D eigenvalue weighted by Crippen LogP contribution is 2.24. The van der Waals surface area contributed by atoms with E-state index in [-0.39, 0.29) is 5.91 Å². The molecule has 2 heterocycles. The van der Waals surface area contributed by atoms with E-state index in [1.807, 2.05) is 31.1 Å². The minimum Gasteiger partial charge on any atom is -0.306 e. The fraction of sp³-hybridized carbons (Fsp3) is 0.167. The van der Waals surface area contributed by atoms with Crippen LogP contribution in [0.3, 0.4) is 0 Å². The fourth-order valence-electron chi connectivity index (χ4n) is 2.43. The lowest BCUT2D eigenvalue weighted by molar-refractivity contribution is 0.102. The number of nitrogens with zero attached hydrogens (tertiary/aromatic N) is 4. The molecule has 0 aliphatic carbocycles. The molecule has 2 aromatic heterocycles. The third kappa shape index (κ3) is 4.40. The number of nitrogens with one attached hydrogen (secondary N) is 1. The Morgan fingerprint density at radius 2 is 2.04 bits per heavy atom. The van der Waals surface area contributed by atoms with Gasteiger partial charge in [-0.05, 0) is 50.0 Å². The van der Waals surface area contributed by atoms with Crippen molar-refractivity contribution >= 4 is 34.9 Å². The molecule has 3 rings (SSSR count). The topological polar surface area (TPSA) is 63.1 Å². The van der Waals surface area contributed by atoms with Gasteiger partial charge >= 0.3 is 0 Å². The zero-order chi connectivity index (χ0) is 18.7. The van der Waals surface area contributed by atoms with Crippen LogP contribution >= 0.6 is 23.2 Å². The molecule has 1 N–H and O–H groups in total. The number of hydrogen-bond donors (Lipinski definition) is 1. The summed E-state index contributed by atoms with van der Waals surface area (Å²) in [5.74, 6) is 0.197. The minimum absolute atomic E-state index is 0.296. The normalized spacial score (nSPS) is 11.0. The van der Waals surface area contributed by atoms with Crippen molar-refractivity contribution in [3.8, 4) is 5.69 Å². The van der Waals surface area contributed by atoms with Crippen LogP contribution < -0.4 is 5.32 Å². The quantitative estimate of drug-likeness (QED) is 0.718. The molecule has 1 amide bonds. The second-order valence-corrected chi connectivity index (χ2v) is 6.85. The van der Waals surface area contributed by atoms with Gasteiger partial charge in [0.15, 0.2) is 0 Å². The number of carbonyl (C=O) groups excluding carboxylic acids is 1. The number of pyridine rings is 1. The smallest absolute Gasteiger partial charge is 0.260 e. The van der Waals surface area contributed by atoms with Gasteiger partial charge in [0.1, 0.15) is 5.82 Å². The second-order valence-electron chi connectivity index (χ2n) is 6.01. The lowest BCUT2D eigenvalue weighted by Crippen LogP contribution is -2.14. The van der Waals surface area contributed by atoms with Gasteiger partial charge in [-0.2, -0.15) is 5.10 Å². The summed E-state index contributed by atoms with van der Waals surface area (Å²) >= 11 is 12.1. The van der Waals surface area contributed by atoms with E-state index in [2.05, 4.69) is 15.4 Å². The van der Waals surface area contributed by atoms with Crippen molar-refractivity contribution in [3.63, 3.8) is 0 Å². The van der Waals surface area contributed by atoms with E-state index in [1.54, 1.807) is 30.6 Å². The van der Waals surface area contributed by atoms with Crippen LogP contribution in [-0.2, 0) is 6.54 Å². The van der Waals surface area contributed by atoms with E-state index in [0.717, 1.165) is 12.1 Å². The number of carbonyl (C=O) groups is 1. The van der Waals surface area contributed by atoms with E-state index in [1.165, 1.54) is 10.9 Å². The summed E-state index contributed by atoms with van der Waals surface area (Å²) < 4.78 is 1.53. The molecule has 26 heavy (non-hydrogen) atoms. The Morgan fingerprint density at radius 1 is 1.23 bits per heavy atom. The summed E-state index contributed by atoms with van der Waals surface area (Å²) in [6.07, 6.45) is 4.75. The lowest BCUT2D eigenvalue weighted by atomic mass is 10.2. The molecule has 0 radical (unpaired) electrons. The molecule has 0 saturated carbocycles.